The molecule has 2 aromatic heterocycles. The Labute approximate surface area is 252 Å². The molecule has 0 fully saturated rings. The summed E-state index contributed by atoms with van der Waals surface area (Å²) >= 11 is 1.30. The number of carbonyl (C=O) groups is 1. The summed E-state index contributed by atoms with van der Waals surface area (Å²) in [6.45, 7) is 3.97. The maximum Gasteiger partial charge on any atom is 0.338 e. The van der Waals surface area contributed by atoms with E-state index in [1.807, 2.05) is 68.6 Å². The predicted molar refractivity (Wildman–Crippen MR) is 168 cm³/mol. The zero-order chi connectivity index (χ0) is 30.2. The minimum atomic E-state index is -0.859. The Balaban J connectivity index is 1.70. The summed E-state index contributed by atoms with van der Waals surface area (Å²) in [6, 6.07) is 22.1. The van der Waals surface area contributed by atoms with Crippen molar-refractivity contribution >= 4 is 40.0 Å². The van der Waals surface area contributed by atoms with Gasteiger partial charge >= 0.3 is 5.97 Å². The number of esters is 1. The second-order valence-electron chi connectivity index (χ2n) is 10.1. The molecule has 218 valence electrons. The number of rotatable bonds is 7. The van der Waals surface area contributed by atoms with Crippen LogP contribution in [0.1, 0.15) is 35.3 Å². The fourth-order valence-corrected chi connectivity index (χ4v) is 6.63. The summed E-state index contributed by atoms with van der Waals surface area (Å²) in [5.74, 6) is 0.511. The molecule has 3 aromatic carbocycles. The highest BCUT2D eigenvalue weighted by atomic mass is 32.1. The molecule has 1 aliphatic heterocycles. The molecular weight excluding hydrogens is 562 g/mol. The van der Waals surface area contributed by atoms with Crippen LogP contribution >= 0.6 is 11.3 Å². The van der Waals surface area contributed by atoms with Gasteiger partial charge in [-0.1, -0.05) is 59.9 Å². The largest absolute Gasteiger partial charge is 0.497 e. The van der Waals surface area contributed by atoms with Crippen molar-refractivity contribution in [2.45, 2.75) is 19.9 Å². The fourth-order valence-electron chi connectivity index (χ4n) is 5.64. The number of hydrogen-bond acceptors (Lipinski definition) is 7. The quantitative estimate of drug-likeness (QED) is 0.254. The summed E-state index contributed by atoms with van der Waals surface area (Å²) in [4.78, 5) is 33.6. The Kier molecular flexibility index (Phi) is 7.50. The Bertz CT molecular complexity index is 2090. The van der Waals surface area contributed by atoms with Crippen LogP contribution in [0.2, 0.25) is 0 Å². The van der Waals surface area contributed by atoms with E-state index in [1.54, 1.807) is 37.8 Å². The first-order chi connectivity index (χ1) is 20.9. The van der Waals surface area contributed by atoms with Gasteiger partial charge in [0.15, 0.2) is 4.80 Å². The number of methoxy groups -OCH3 is 2. The molecule has 1 atom stereocenters. The summed E-state index contributed by atoms with van der Waals surface area (Å²) in [5.41, 5.74) is 4.90. The van der Waals surface area contributed by atoms with E-state index < -0.39 is 12.0 Å². The number of hydrogen-bond donors (Lipinski definition) is 0. The van der Waals surface area contributed by atoms with Crippen LogP contribution in [0.3, 0.4) is 0 Å². The van der Waals surface area contributed by atoms with Gasteiger partial charge in [0.25, 0.3) is 5.56 Å². The standard InChI is InChI=1S/C34H31N3O5S/c1-6-42-33(39)29-30(21-12-8-7-9-13-21)35-34-37(31(29)24-17-16-22(40-4)18-27(24)41-5)32(38)28(43-34)19-25-20(2)36(3)26-15-11-10-14-23(25)26/h7-19,31H,6H2,1-5H3/t31-/m0/s1. The first kappa shape index (κ1) is 28.2. The molecule has 6 rings (SSSR count). The van der Waals surface area contributed by atoms with E-state index in [0.717, 1.165) is 27.7 Å². The minimum absolute atomic E-state index is 0.168. The van der Waals surface area contributed by atoms with Gasteiger partial charge in [-0.05, 0) is 38.1 Å². The van der Waals surface area contributed by atoms with Crippen LogP contribution < -0.4 is 24.4 Å². The van der Waals surface area contributed by atoms with Gasteiger partial charge in [0.1, 0.15) is 17.5 Å². The Morgan fingerprint density at radius 3 is 2.49 bits per heavy atom. The van der Waals surface area contributed by atoms with Gasteiger partial charge in [-0.25, -0.2) is 9.79 Å². The van der Waals surface area contributed by atoms with Gasteiger partial charge in [-0.15, -0.1) is 0 Å². The van der Waals surface area contributed by atoms with Gasteiger partial charge in [0.05, 0.1) is 36.6 Å². The molecular formula is C34H31N3O5S. The summed E-state index contributed by atoms with van der Waals surface area (Å²) in [6.07, 6.45) is 1.93. The zero-order valence-corrected chi connectivity index (χ0v) is 25.4. The molecule has 0 saturated carbocycles. The number of para-hydroxylation sites is 1. The van der Waals surface area contributed by atoms with E-state index >= 15 is 0 Å². The summed E-state index contributed by atoms with van der Waals surface area (Å²) in [7, 11) is 5.14. The highest BCUT2D eigenvalue weighted by Crippen LogP contribution is 2.40. The van der Waals surface area contributed by atoms with Gasteiger partial charge in [0, 0.05) is 46.4 Å². The minimum Gasteiger partial charge on any atom is -0.497 e. The Morgan fingerprint density at radius 1 is 1.02 bits per heavy atom. The van der Waals surface area contributed by atoms with Crippen molar-refractivity contribution in [3.8, 4) is 11.5 Å². The number of ether oxygens (including phenoxy) is 3. The second-order valence-corrected chi connectivity index (χ2v) is 11.1. The van der Waals surface area contributed by atoms with Crippen molar-refractivity contribution in [2.75, 3.05) is 20.8 Å². The molecule has 8 nitrogen and oxygen atoms in total. The lowest BCUT2D eigenvalue weighted by molar-refractivity contribution is -0.138. The molecule has 43 heavy (non-hydrogen) atoms. The van der Waals surface area contributed by atoms with E-state index in [0.29, 0.717) is 32.1 Å². The smallest absolute Gasteiger partial charge is 0.338 e. The zero-order valence-electron chi connectivity index (χ0n) is 24.6. The lowest BCUT2D eigenvalue weighted by Gasteiger charge is -2.27. The summed E-state index contributed by atoms with van der Waals surface area (Å²) in [5, 5.41) is 1.05. The molecule has 1 aliphatic rings. The number of benzene rings is 3. The highest BCUT2D eigenvalue weighted by Gasteiger charge is 2.37. The molecule has 0 N–H and O–H groups in total. The average Bonchev–Trinajstić information content (AvgIpc) is 3.48. The lowest BCUT2D eigenvalue weighted by atomic mass is 9.92. The van der Waals surface area contributed by atoms with Crippen molar-refractivity contribution in [1.82, 2.24) is 9.13 Å². The SMILES string of the molecule is CCOC(=O)C1=C(c2ccccc2)N=c2sc(=Cc3c(C)n(C)c4ccccc34)c(=O)n2[C@H]1c1ccc(OC)cc1OC. The van der Waals surface area contributed by atoms with Crippen molar-refractivity contribution < 1.29 is 19.0 Å². The third-order valence-electron chi connectivity index (χ3n) is 7.83. The van der Waals surface area contributed by atoms with E-state index in [2.05, 4.69) is 16.7 Å². The van der Waals surface area contributed by atoms with E-state index in [1.165, 1.54) is 11.3 Å². The highest BCUT2D eigenvalue weighted by molar-refractivity contribution is 7.07. The summed E-state index contributed by atoms with van der Waals surface area (Å²) < 4.78 is 21.0. The predicted octanol–water partition coefficient (Wildman–Crippen LogP) is 4.75. The van der Waals surface area contributed by atoms with Crippen molar-refractivity contribution in [3.05, 3.63) is 120 Å². The number of nitrogens with zero attached hydrogens (tertiary/aromatic N) is 3. The van der Waals surface area contributed by atoms with E-state index in [-0.39, 0.29) is 17.7 Å². The first-order valence-electron chi connectivity index (χ1n) is 13.9. The molecule has 0 unspecified atom stereocenters. The Hall–Kier alpha value is -4.89. The first-order valence-corrected chi connectivity index (χ1v) is 14.7. The van der Waals surface area contributed by atoms with E-state index in [4.69, 9.17) is 19.2 Å². The molecule has 0 bridgehead atoms. The van der Waals surface area contributed by atoms with Crippen LogP contribution in [0.15, 0.2) is 88.2 Å². The number of aromatic nitrogens is 2. The fraction of sp³-hybridized carbons (Fsp3) is 0.206. The van der Waals surface area contributed by atoms with Crippen molar-refractivity contribution in [3.63, 3.8) is 0 Å². The number of carbonyl (C=O) groups excluding carboxylic acids is 1. The van der Waals surface area contributed by atoms with E-state index in [9.17, 15) is 9.59 Å². The van der Waals surface area contributed by atoms with Crippen molar-refractivity contribution in [1.29, 1.82) is 0 Å². The second kappa shape index (κ2) is 11.4. The van der Waals surface area contributed by atoms with Gasteiger partial charge in [0.2, 0.25) is 0 Å². The molecule has 0 radical (unpaired) electrons. The van der Waals surface area contributed by atoms with Crippen LogP contribution in [0, 0.1) is 6.92 Å². The van der Waals surface area contributed by atoms with Crippen LogP contribution in [-0.4, -0.2) is 35.9 Å². The molecule has 3 heterocycles. The number of aryl methyl sites for hydroxylation is 1. The molecule has 0 aliphatic carbocycles. The van der Waals surface area contributed by atoms with Crippen LogP contribution in [0.4, 0.5) is 0 Å². The van der Waals surface area contributed by atoms with Crippen LogP contribution in [0.5, 0.6) is 11.5 Å². The molecule has 5 aromatic rings. The molecule has 9 heteroatoms. The maximum absolute atomic E-state index is 14.4. The molecule has 0 amide bonds. The topological polar surface area (TPSA) is 84.1 Å². The third kappa shape index (κ3) is 4.75. The van der Waals surface area contributed by atoms with Crippen LogP contribution in [-0.2, 0) is 16.6 Å². The average molecular weight is 594 g/mol. The third-order valence-corrected chi connectivity index (χ3v) is 8.82. The number of fused-ring (bicyclic) bond motifs is 2. The molecule has 0 spiro atoms. The Morgan fingerprint density at radius 2 is 1.77 bits per heavy atom. The van der Waals surface area contributed by atoms with Gasteiger partial charge in [-0.2, -0.15) is 0 Å². The van der Waals surface area contributed by atoms with Crippen molar-refractivity contribution in [2.24, 2.45) is 12.0 Å². The normalized spacial score (nSPS) is 14.9. The molecule has 0 saturated heterocycles. The van der Waals surface area contributed by atoms with Gasteiger partial charge in [-0.3, -0.25) is 9.36 Å². The van der Waals surface area contributed by atoms with Gasteiger partial charge < -0.3 is 18.8 Å². The lowest BCUT2D eigenvalue weighted by Crippen LogP contribution is -2.40. The van der Waals surface area contributed by atoms with Crippen LogP contribution in [0.25, 0.3) is 22.7 Å². The monoisotopic (exact) mass is 593 g/mol. The maximum atomic E-state index is 14.4. The number of thiazole rings is 1.